The number of thioether (sulfide) groups is 1. The first-order valence-electron chi connectivity index (χ1n) is 4.89. The van der Waals surface area contributed by atoms with Crippen LogP contribution < -0.4 is 0 Å². The Hall–Kier alpha value is -0.720. The van der Waals surface area contributed by atoms with Crippen LogP contribution in [0.4, 0.5) is 0 Å². The summed E-state index contributed by atoms with van der Waals surface area (Å²) in [6, 6.07) is 2.85. The minimum atomic E-state index is -0.960. The SMILES string of the molecule is CC(=O)N1C(C(=O)O)CSC1c1ccc(Cl)s1. The smallest absolute Gasteiger partial charge is 0.327 e. The zero-order valence-corrected chi connectivity index (χ0v) is 11.3. The molecule has 0 radical (unpaired) electrons. The Labute approximate surface area is 112 Å². The number of carbonyl (C=O) groups excluding carboxylic acids is 1. The number of carbonyl (C=O) groups is 2. The topological polar surface area (TPSA) is 57.6 Å². The third kappa shape index (κ3) is 2.43. The maximum atomic E-state index is 11.6. The summed E-state index contributed by atoms with van der Waals surface area (Å²) in [4.78, 5) is 25.0. The van der Waals surface area contributed by atoms with E-state index in [4.69, 9.17) is 16.7 Å². The van der Waals surface area contributed by atoms with Gasteiger partial charge in [-0.2, -0.15) is 0 Å². The van der Waals surface area contributed by atoms with E-state index in [0.717, 1.165) is 4.88 Å². The molecule has 0 aliphatic carbocycles. The molecule has 92 valence electrons. The van der Waals surface area contributed by atoms with Gasteiger partial charge in [-0.3, -0.25) is 4.79 Å². The van der Waals surface area contributed by atoms with Gasteiger partial charge in [0.15, 0.2) is 0 Å². The molecular weight excluding hydrogens is 282 g/mol. The highest BCUT2D eigenvalue weighted by atomic mass is 35.5. The zero-order valence-electron chi connectivity index (χ0n) is 8.92. The number of nitrogens with zero attached hydrogens (tertiary/aromatic N) is 1. The van der Waals surface area contributed by atoms with Crippen molar-refractivity contribution in [2.24, 2.45) is 0 Å². The maximum absolute atomic E-state index is 11.6. The van der Waals surface area contributed by atoms with Crippen LogP contribution >= 0.6 is 34.7 Å². The first-order valence-corrected chi connectivity index (χ1v) is 7.13. The fourth-order valence-electron chi connectivity index (χ4n) is 1.76. The van der Waals surface area contributed by atoms with Crippen LogP contribution in [0.5, 0.6) is 0 Å². The van der Waals surface area contributed by atoms with Crippen LogP contribution in [0, 0.1) is 0 Å². The standard InChI is InChI=1S/C10H10ClNO3S2/c1-5(13)12-6(10(14)15)4-16-9(12)7-2-3-8(11)17-7/h2-3,6,9H,4H2,1H3,(H,14,15). The second-order valence-corrected chi connectivity index (χ2v) is 6.47. The minimum Gasteiger partial charge on any atom is -0.480 e. The minimum absolute atomic E-state index is 0.225. The molecular formula is C10H10ClNO3S2. The molecule has 2 unspecified atom stereocenters. The number of hydrogen-bond donors (Lipinski definition) is 1. The van der Waals surface area contributed by atoms with E-state index < -0.39 is 12.0 Å². The first-order chi connectivity index (χ1) is 8.00. The van der Waals surface area contributed by atoms with Crippen molar-refractivity contribution in [2.45, 2.75) is 18.3 Å². The summed E-state index contributed by atoms with van der Waals surface area (Å²) in [7, 11) is 0. The predicted molar refractivity (Wildman–Crippen MR) is 68.5 cm³/mol. The number of halogens is 1. The fraction of sp³-hybridized carbons (Fsp3) is 0.400. The molecule has 0 spiro atoms. The lowest BCUT2D eigenvalue weighted by molar-refractivity contribution is -0.148. The van der Waals surface area contributed by atoms with Crippen LogP contribution in [-0.2, 0) is 9.59 Å². The molecule has 7 heteroatoms. The van der Waals surface area contributed by atoms with Crippen molar-refractivity contribution in [3.63, 3.8) is 0 Å². The molecule has 1 aromatic heterocycles. The van der Waals surface area contributed by atoms with E-state index in [2.05, 4.69) is 0 Å². The van der Waals surface area contributed by atoms with Crippen molar-refractivity contribution in [3.05, 3.63) is 21.3 Å². The summed E-state index contributed by atoms with van der Waals surface area (Å²) < 4.78 is 0.642. The molecule has 2 atom stereocenters. The van der Waals surface area contributed by atoms with Gasteiger partial charge in [0.05, 0.1) is 4.34 Å². The summed E-state index contributed by atoms with van der Waals surface area (Å²) in [5.41, 5.74) is 0. The van der Waals surface area contributed by atoms with Gasteiger partial charge in [0.25, 0.3) is 0 Å². The molecule has 1 N–H and O–H groups in total. The van der Waals surface area contributed by atoms with E-state index in [1.165, 1.54) is 34.9 Å². The van der Waals surface area contributed by atoms with Crippen LogP contribution in [0.25, 0.3) is 0 Å². The maximum Gasteiger partial charge on any atom is 0.327 e. The van der Waals surface area contributed by atoms with Crippen LogP contribution in [0.2, 0.25) is 4.34 Å². The second kappa shape index (κ2) is 4.88. The Balaban J connectivity index is 2.29. The van der Waals surface area contributed by atoms with Crippen molar-refractivity contribution in [1.29, 1.82) is 0 Å². The number of carboxylic acids is 1. The molecule has 1 aromatic rings. The largest absolute Gasteiger partial charge is 0.480 e. The second-order valence-electron chi connectivity index (χ2n) is 3.61. The van der Waals surface area contributed by atoms with Gasteiger partial charge >= 0.3 is 5.97 Å². The number of hydrogen-bond acceptors (Lipinski definition) is 4. The molecule has 4 nitrogen and oxygen atoms in total. The highest BCUT2D eigenvalue weighted by molar-refractivity contribution is 7.99. The average Bonchev–Trinajstić information content (AvgIpc) is 2.82. The van der Waals surface area contributed by atoms with E-state index in [-0.39, 0.29) is 11.3 Å². The van der Waals surface area contributed by atoms with Gasteiger partial charge in [0, 0.05) is 17.6 Å². The lowest BCUT2D eigenvalue weighted by atomic mass is 10.2. The summed E-state index contributed by atoms with van der Waals surface area (Å²) in [5.74, 6) is -0.774. The summed E-state index contributed by atoms with van der Waals surface area (Å²) in [6.45, 7) is 1.39. The van der Waals surface area contributed by atoms with Crippen LogP contribution in [-0.4, -0.2) is 33.7 Å². The molecule has 1 saturated heterocycles. The van der Waals surface area contributed by atoms with Gasteiger partial charge in [0.1, 0.15) is 11.4 Å². The lowest BCUT2D eigenvalue weighted by Crippen LogP contribution is -2.41. The molecule has 0 aromatic carbocycles. The molecule has 1 fully saturated rings. The molecule has 0 bridgehead atoms. The third-order valence-electron chi connectivity index (χ3n) is 2.49. The predicted octanol–water partition coefficient (Wildman–Crippen LogP) is 2.45. The summed E-state index contributed by atoms with van der Waals surface area (Å²) >= 11 is 8.69. The Morgan fingerprint density at radius 3 is 2.71 bits per heavy atom. The normalized spacial score (nSPS) is 24.0. The van der Waals surface area contributed by atoms with Crippen molar-refractivity contribution < 1.29 is 14.7 Å². The third-order valence-corrected chi connectivity index (χ3v) is 5.22. The van der Waals surface area contributed by atoms with E-state index in [1.807, 2.05) is 6.07 Å². The quantitative estimate of drug-likeness (QED) is 0.909. The number of rotatable bonds is 2. The average molecular weight is 292 g/mol. The summed E-state index contributed by atoms with van der Waals surface area (Å²) in [5, 5.41) is 8.84. The highest BCUT2D eigenvalue weighted by Crippen LogP contribution is 2.44. The van der Waals surface area contributed by atoms with Crippen molar-refractivity contribution >= 4 is 46.6 Å². The molecule has 2 heterocycles. The molecule has 2 rings (SSSR count). The number of thiophene rings is 1. The Bertz CT molecular complexity index is 462. The van der Waals surface area contributed by atoms with Crippen LogP contribution in [0.3, 0.4) is 0 Å². The Morgan fingerprint density at radius 2 is 2.24 bits per heavy atom. The van der Waals surface area contributed by atoms with Gasteiger partial charge in [-0.15, -0.1) is 23.1 Å². The number of amides is 1. The number of carboxylic acid groups (broad SMARTS) is 1. The molecule has 1 aliphatic heterocycles. The van der Waals surface area contributed by atoms with Gasteiger partial charge in [-0.05, 0) is 12.1 Å². The van der Waals surface area contributed by atoms with Crippen LogP contribution in [0.15, 0.2) is 12.1 Å². The summed E-state index contributed by atoms with van der Waals surface area (Å²) in [6.07, 6.45) is 0. The van der Waals surface area contributed by atoms with Gasteiger partial charge in [0.2, 0.25) is 5.91 Å². The molecule has 0 saturated carbocycles. The Kier molecular flexibility index (Phi) is 3.65. The van der Waals surface area contributed by atoms with Gasteiger partial charge in [-0.25, -0.2) is 4.79 Å². The van der Waals surface area contributed by atoms with Crippen molar-refractivity contribution in [1.82, 2.24) is 4.90 Å². The highest BCUT2D eigenvalue weighted by Gasteiger charge is 2.41. The zero-order chi connectivity index (χ0) is 12.6. The molecule has 1 aliphatic rings. The fourth-order valence-corrected chi connectivity index (χ4v) is 4.52. The number of aliphatic carboxylic acids is 1. The van der Waals surface area contributed by atoms with E-state index in [9.17, 15) is 9.59 Å². The van der Waals surface area contributed by atoms with Gasteiger partial charge < -0.3 is 10.0 Å². The lowest BCUT2D eigenvalue weighted by Gasteiger charge is -2.25. The van der Waals surface area contributed by atoms with Crippen LogP contribution in [0.1, 0.15) is 17.2 Å². The molecule has 1 amide bonds. The van der Waals surface area contributed by atoms with E-state index in [1.54, 1.807) is 6.07 Å². The van der Waals surface area contributed by atoms with Crippen molar-refractivity contribution in [3.8, 4) is 0 Å². The van der Waals surface area contributed by atoms with Gasteiger partial charge in [-0.1, -0.05) is 11.6 Å². The van der Waals surface area contributed by atoms with E-state index >= 15 is 0 Å². The molecule has 17 heavy (non-hydrogen) atoms. The first kappa shape index (κ1) is 12.7. The monoisotopic (exact) mass is 291 g/mol. The Morgan fingerprint density at radius 1 is 1.53 bits per heavy atom. The van der Waals surface area contributed by atoms with Crippen molar-refractivity contribution in [2.75, 3.05) is 5.75 Å². The van der Waals surface area contributed by atoms with E-state index in [0.29, 0.717) is 10.1 Å².